The summed E-state index contributed by atoms with van der Waals surface area (Å²) < 4.78 is 0. The Morgan fingerprint density at radius 1 is 0.964 bits per heavy atom. The van der Waals surface area contributed by atoms with Gasteiger partial charge in [-0.15, -0.1) is 0 Å². The number of rotatable bonds is 6. The maximum Gasteiger partial charge on any atom is 0.315 e. The molecule has 0 aliphatic carbocycles. The molecule has 148 valence electrons. The largest absolute Gasteiger partial charge is 0.345 e. The summed E-state index contributed by atoms with van der Waals surface area (Å²) in [5, 5.41) is 8.30. The molecular weight excluding hydrogens is 356 g/mol. The van der Waals surface area contributed by atoms with Crippen LogP contribution in [0.2, 0.25) is 0 Å². The summed E-state index contributed by atoms with van der Waals surface area (Å²) in [5.41, 5.74) is 2.42. The minimum absolute atomic E-state index is 0.0672. The van der Waals surface area contributed by atoms with Crippen LogP contribution in [0.3, 0.4) is 0 Å². The van der Waals surface area contributed by atoms with Crippen molar-refractivity contribution in [2.45, 2.75) is 26.4 Å². The first-order chi connectivity index (χ1) is 13.3. The van der Waals surface area contributed by atoms with E-state index < -0.39 is 0 Å². The van der Waals surface area contributed by atoms with Crippen molar-refractivity contribution in [2.24, 2.45) is 0 Å². The molecule has 7 heteroatoms. The number of amides is 4. The third-order valence-electron chi connectivity index (χ3n) is 3.86. The average Bonchev–Trinajstić information content (AvgIpc) is 2.65. The number of nitrogens with zero attached hydrogens (tertiary/aromatic N) is 1. The lowest BCUT2D eigenvalue weighted by atomic mass is 10.1. The highest BCUT2D eigenvalue weighted by Gasteiger charge is 2.11. The number of carbonyl (C=O) groups is 3. The van der Waals surface area contributed by atoms with Crippen LogP contribution in [0.1, 0.15) is 40.1 Å². The van der Waals surface area contributed by atoms with Crippen LogP contribution in [0.25, 0.3) is 0 Å². The van der Waals surface area contributed by atoms with E-state index in [4.69, 9.17) is 0 Å². The molecule has 0 radical (unpaired) electrons. The Balaban J connectivity index is 1.97. The van der Waals surface area contributed by atoms with E-state index in [9.17, 15) is 14.4 Å². The molecular formula is C21H26N4O3. The first-order valence-electron chi connectivity index (χ1n) is 9.02. The van der Waals surface area contributed by atoms with Crippen molar-refractivity contribution >= 4 is 23.5 Å². The van der Waals surface area contributed by atoms with Gasteiger partial charge in [0, 0.05) is 43.5 Å². The number of hydrogen-bond acceptors (Lipinski definition) is 3. The third-order valence-corrected chi connectivity index (χ3v) is 3.86. The lowest BCUT2D eigenvalue weighted by Gasteiger charge is -2.12. The van der Waals surface area contributed by atoms with E-state index in [1.165, 1.54) is 4.90 Å². The fourth-order valence-corrected chi connectivity index (χ4v) is 2.46. The number of hydrogen-bond donors (Lipinski definition) is 3. The lowest BCUT2D eigenvalue weighted by molar-refractivity contribution is 0.0827. The molecule has 4 amide bonds. The number of carbonyl (C=O) groups excluding carboxylic acids is 3. The highest BCUT2D eigenvalue weighted by atomic mass is 16.2. The van der Waals surface area contributed by atoms with E-state index in [2.05, 4.69) is 16.0 Å². The Bertz CT molecular complexity index is 845. The van der Waals surface area contributed by atoms with Crippen molar-refractivity contribution in [2.75, 3.05) is 19.4 Å². The Morgan fingerprint density at radius 3 is 2.25 bits per heavy atom. The van der Waals surface area contributed by atoms with Crippen LogP contribution in [-0.2, 0) is 6.54 Å². The van der Waals surface area contributed by atoms with Gasteiger partial charge in [0.25, 0.3) is 11.8 Å². The highest BCUT2D eigenvalue weighted by Crippen LogP contribution is 2.14. The van der Waals surface area contributed by atoms with E-state index in [-0.39, 0.29) is 23.9 Å². The predicted molar refractivity (Wildman–Crippen MR) is 109 cm³/mol. The van der Waals surface area contributed by atoms with Crippen LogP contribution in [0, 0.1) is 0 Å². The van der Waals surface area contributed by atoms with E-state index in [0.717, 1.165) is 5.56 Å². The molecule has 28 heavy (non-hydrogen) atoms. The van der Waals surface area contributed by atoms with Crippen molar-refractivity contribution < 1.29 is 14.4 Å². The molecule has 0 aromatic heterocycles. The Hall–Kier alpha value is -3.35. The Labute approximate surface area is 165 Å². The summed E-state index contributed by atoms with van der Waals surface area (Å²) in [6, 6.07) is 13.6. The van der Waals surface area contributed by atoms with Gasteiger partial charge >= 0.3 is 6.03 Å². The van der Waals surface area contributed by atoms with Gasteiger partial charge in [0.15, 0.2) is 0 Å². The van der Waals surface area contributed by atoms with Gasteiger partial charge in [-0.25, -0.2) is 4.79 Å². The van der Waals surface area contributed by atoms with Crippen LogP contribution in [0.15, 0.2) is 48.5 Å². The van der Waals surface area contributed by atoms with Gasteiger partial charge in [-0.2, -0.15) is 0 Å². The molecule has 0 bridgehead atoms. The van der Waals surface area contributed by atoms with E-state index in [0.29, 0.717) is 23.4 Å². The number of anilines is 1. The van der Waals surface area contributed by atoms with Crippen molar-refractivity contribution in [3.63, 3.8) is 0 Å². The van der Waals surface area contributed by atoms with Gasteiger partial charge in [-0.1, -0.05) is 18.2 Å². The zero-order chi connectivity index (χ0) is 20.7. The van der Waals surface area contributed by atoms with Gasteiger partial charge in [0.1, 0.15) is 0 Å². The second-order valence-electron chi connectivity index (χ2n) is 6.91. The SMILES string of the molecule is CC(C)NC(=O)NCc1ccc(C(=O)Nc2cccc(C(=O)N(C)C)c2)cc1. The van der Waals surface area contributed by atoms with E-state index in [1.54, 1.807) is 62.6 Å². The molecule has 0 fully saturated rings. The predicted octanol–water partition coefficient (Wildman–Crippen LogP) is 2.85. The van der Waals surface area contributed by atoms with E-state index in [1.807, 2.05) is 13.8 Å². The molecule has 2 rings (SSSR count). The lowest BCUT2D eigenvalue weighted by Crippen LogP contribution is -2.39. The normalized spacial score (nSPS) is 10.3. The van der Waals surface area contributed by atoms with Gasteiger partial charge in [0.2, 0.25) is 0 Å². The highest BCUT2D eigenvalue weighted by molar-refractivity contribution is 6.05. The quantitative estimate of drug-likeness (QED) is 0.717. The number of benzene rings is 2. The Morgan fingerprint density at radius 2 is 1.64 bits per heavy atom. The molecule has 0 heterocycles. The second kappa shape index (κ2) is 9.55. The zero-order valence-corrected chi connectivity index (χ0v) is 16.6. The van der Waals surface area contributed by atoms with Crippen LogP contribution in [-0.4, -0.2) is 42.9 Å². The molecule has 2 aromatic rings. The summed E-state index contributed by atoms with van der Waals surface area (Å²) >= 11 is 0. The van der Waals surface area contributed by atoms with Crippen molar-refractivity contribution in [3.05, 3.63) is 65.2 Å². The maximum atomic E-state index is 12.4. The van der Waals surface area contributed by atoms with Crippen LogP contribution in [0.5, 0.6) is 0 Å². The zero-order valence-electron chi connectivity index (χ0n) is 16.6. The van der Waals surface area contributed by atoms with Crippen molar-refractivity contribution in [3.8, 4) is 0 Å². The van der Waals surface area contributed by atoms with Gasteiger partial charge in [0.05, 0.1) is 0 Å². The summed E-state index contributed by atoms with van der Waals surface area (Å²) in [7, 11) is 3.35. The summed E-state index contributed by atoms with van der Waals surface area (Å²) in [6.45, 7) is 4.15. The van der Waals surface area contributed by atoms with Crippen LogP contribution >= 0.6 is 0 Å². The molecule has 2 aromatic carbocycles. The summed E-state index contributed by atoms with van der Waals surface area (Å²) in [5.74, 6) is -0.402. The van der Waals surface area contributed by atoms with Gasteiger partial charge < -0.3 is 20.9 Å². The molecule has 3 N–H and O–H groups in total. The van der Waals surface area contributed by atoms with Gasteiger partial charge in [-0.05, 0) is 49.7 Å². The van der Waals surface area contributed by atoms with Gasteiger partial charge in [-0.3, -0.25) is 9.59 Å². The fraction of sp³-hybridized carbons (Fsp3) is 0.286. The topological polar surface area (TPSA) is 90.5 Å². The second-order valence-corrected chi connectivity index (χ2v) is 6.91. The van der Waals surface area contributed by atoms with Crippen molar-refractivity contribution in [1.29, 1.82) is 0 Å². The molecule has 7 nitrogen and oxygen atoms in total. The standard InChI is InChI=1S/C21H26N4O3/c1-14(2)23-21(28)22-13-15-8-10-16(11-9-15)19(26)24-18-7-5-6-17(12-18)20(27)25(3)4/h5-12,14H,13H2,1-4H3,(H,24,26)(H2,22,23,28). The molecule has 0 unspecified atom stereocenters. The molecule has 0 aliphatic heterocycles. The molecule has 0 atom stereocenters. The van der Waals surface area contributed by atoms with Crippen LogP contribution < -0.4 is 16.0 Å². The number of urea groups is 1. The Kier molecular flexibility index (Phi) is 7.14. The first kappa shape index (κ1) is 21.0. The van der Waals surface area contributed by atoms with Crippen LogP contribution in [0.4, 0.5) is 10.5 Å². The molecule has 0 aliphatic rings. The molecule has 0 saturated carbocycles. The minimum Gasteiger partial charge on any atom is -0.345 e. The monoisotopic (exact) mass is 382 g/mol. The number of nitrogens with one attached hydrogen (secondary N) is 3. The maximum absolute atomic E-state index is 12.4. The molecule has 0 saturated heterocycles. The molecule has 0 spiro atoms. The first-order valence-corrected chi connectivity index (χ1v) is 9.02. The third kappa shape index (κ3) is 6.12. The average molecular weight is 382 g/mol. The van der Waals surface area contributed by atoms with E-state index >= 15 is 0 Å². The smallest absolute Gasteiger partial charge is 0.315 e. The summed E-state index contributed by atoms with van der Waals surface area (Å²) in [6.07, 6.45) is 0. The minimum atomic E-state index is -0.272. The fourth-order valence-electron chi connectivity index (χ4n) is 2.46. The van der Waals surface area contributed by atoms with Crippen molar-refractivity contribution in [1.82, 2.24) is 15.5 Å². The summed E-state index contributed by atoms with van der Waals surface area (Å²) in [4.78, 5) is 37.6.